The molecule has 0 saturated heterocycles. The Morgan fingerprint density at radius 1 is 1.35 bits per heavy atom. The van der Waals surface area contributed by atoms with E-state index in [-0.39, 0.29) is 34.2 Å². The molecule has 12 heteroatoms. The molecule has 1 aromatic heterocycles. The molecular weight excluding hydrogens is 426 g/mol. The first-order valence-corrected chi connectivity index (χ1v) is 11.3. The van der Waals surface area contributed by atoms with E-state index in [1.54, 1.807) is 20.9 Å². The molecule has 170 valence electrons. The van der Waals surface area contributed by atoms with Crippen LogP contribution in [0.1, 0.15) is 49.7 Å². The minimum Gasteiger partial charge on any atom is -0.438 e. The standard InChI is InChI=1S/C19H27N5O6S/c1-6-10-20-18(25)17-13(4)19(23(5)21-17)30-15-9-8-14(24(26)27)11-16(15)31(28,29)22-12(3)7-2/h8-9,11-12,22H,6-7,10H2,1-5H3,(H,20,25). The summed E-state index contributed by atoms with van der Waals surface area (Å²) in [6, 6.07) is 2.93. The van der Waals surface area contributed by atoms with Crippen molar-refractivity contribution in [3.05, 3.63) is 39.6 Å². The first-order chi connectivity index (χ1) is 14.5. The molecule has 2 N–H and O–H groups in total. The average Bonchev–Trinajstić information content (AvgIpc) is 2.99. The summed E-state index contributed by atoms with van der Waals surface area (Å²) in [7, 11) is -2.56. The fourth-order valence-electron chi connectivity index (χ4n) is 2.72. The number of rotatable bonds is 10. The van der Waals surface area contributed by atoms with Crippen molar-refractivity contribution in [3.8, 4) is 11.6 Å². The molecule has 0 saturated carbocycles. The minimum absolute atomic E-state index is 0.118. The Morgan fingerprint density at radius 3 is 2.61 bits per heavy atom. The van der Waals surface area contributed by atoms with Crippen molar-refractivity contribution in [1.29, 1.82) is 0 Å². The van der Waals surface area contributed by atoms with Gasteiger partial charge < -0.3 is 10.1 Å². The predicted molar refractivity (Wildman–Crippen MR) is 114 cm³/mol. The lowest BCUT2D eigenvalue weighted by molar-refractivity contribution is -0.385. The molecule has 1 atom stereocenters. The summed E-state index contributed by atoms with van der Waals surface area (Å²) in [5.74, 6) is -0.344. The molecule has 0 bridgehead atoms. The summed E-state index contributed by atoms with van der Waals surface area (Å²) < 4.78 is 35.4. The number of hydrogen-bond acceptors (Lipinski definition) is 7. The molecule has 0 fully saturated rings. The number of nitro benzene ring substituents is 1. The molecule has 1 aromatic carbocycles. The number of aromatic nitrogens is 2. The van der Waals surface area contributed by atoms with Crippen molar-refractivity contribution in [3.63, 3.8) is 0 Å². The summed E-state index contributed by atoms with van der Waals surface area (Å²) in [4.78, 5) is 22.5. The Hall–Kier alpha value is -2.99. The van der Waals surface area contributed by atoms with E-state index in [9.17, 15) is 23.3 Å². The molecule has 31 heavy (non-hydrogen) atoms. The largest absolute Gasteiger partial charge is 0.438 e. The van der Waals surface area contributed by atoms with Crippen molar-refractivity contribution in [2.75, 3.05) is 6.54 Å². The number of benzene rings is 1. The summed E-state index contributed by atoms with van der Waals surface area (Å²) in [5.41, 5.74) is 0.168. The van der Waals surface area contributed by atoms with Gasteiger partial charge in [0.05, 0.1) is 4.92 Å². The van der Waals surface area contributed by atoms with Gasteiger partial charge in [0.2, 0.25) is 15.9 Å². The highest BCUT2D eigenvalue weighted by atomic mass is 32.2. The Balaban J connectivity index is 2.52. The topological polar surface area (TPSA) is 145 Å². The number of nitro groups is 1. The molecule has 1 amide bonds. The highest BCUT2D eigenvalue weighted by molar-refractivity contribution is 7.89. The molecule has 0 aliphatic heterocycles. The molecule has 0 spiro atoms. The van der Waals surface area contributed by atoms with Gasteiger partial charge in [0.1, 0.15) is 10.6 Å². The lowest BCUT2D eigenvalue weighted by Crippen LogP contribution is -2.32. The van der Waals surface area contributed by atoms with E-state index < -0.39 is 20.6 Å². The molecule has 1 unspecified atom stereocenters. The number of amides is 1. The number of hydrogen-bond donors (Lipinski definition) is 2. The third-order valence-electron chi connectivity index (χ3n) is 4.57. The van der Waals surface area contributed by atoms with Crippen molar-refractivity contribution >= 4 is 21.6 Å². The molecule has 0 aliphatic carbocycles. The van der Waals surface area contributed by atoms with Gasteiger partial charge in [0.15, 0.2) is 5.69 Å². The Bertz CT molecular complexity index is 1080. The highest BCUT2D eigenvalue weighted by Crippen LogP contribution is 2.34. The van der Waals surface area contributed by atoms with E-state index in [0.29, 0.717) is 18.5 Å². The number of carbonyl (C=O) groups is 1. The second-order valence-electron chi connectivity index (χ2n) is 7.08. The van der Waals surface area contributed by atoms with Crippen molar-refractivity contribution < 1.29 is 22.9 Å². The molecular formula is C19H27N5O6S. The first kappa shape index (κ1) is 24.3. The van der Waals surface area contributed by atoms with E-state index in [4.69, 9.17) is 4.74 Å². The summed E-state index contributed by atoms with van der Waals surface area (Å²) in [5, 5.41) is 18.1. The van der Waals surface area contributed by atoms with Gasteiger partial charge in [-0.05, 0) is 32.8 Å². The summed E-state index contributed by atoms with van der Waals surface area (Å²) in [6.07, 6.45) is 1.29. The number of ether oxygens (including phenoxy) is 1. The fourth-order valence-corrected chi connectivity index (χ4v) is 4.19. The number of nitrogens with zero attached hydrogens (tertiary/aromatic N) is 3. The van der Waals surface area contributed by atoms with Gasteiger partial charge in [-0.2, -0.15) is 5.10 Å². The summed E-state index contributed by atoms with van der Waals surface area (Å²) in [6.45, 7) is 7.52. The molecule has 2 aromatic rings. The monoisotopic (exact) mass is 453 g/mol. The quantitative estimate of drug-likeness (QED) is 0.415. The van der Waals surface area contributed by atoms with Crippen molar-refractivity contribution in [2.45, 2.75) is 51.5 Å². The fraction of sp³-hybridized carbons (Fsp3) is 0.474. The van der Waals surface area contributed by atoms with Gasteiger partial charge in [-0.25, -0.2) is 17.8 Å². The number of carbonyl (C=O) groups excluding carboxylic acids is 1. The van der Waals surface area contributed by atoms with Crippen LogP contribution >= 0.6 is 0 Å². The zero-order valence-electron chi connectivity index (χ0n) is 18.1. The lowest BCUT2D eigenvalue weighted by Gasteiger charge is -2.15. The third-order valence-corrected chi connectivity index (χ3v) is 6.18. The smallest absolute Gasteiger partial charge is 0.272 e. The number of sulfonamides is 1. The van der Waals surface area contributed by atoms with E-state index in [1.165, 1.54) is 10.7 Å². The van der Waals surface area contributed by atoms with Crippen molar-refractivity contribution in [1.82, 2.24) is 19.8 Å². The van der Waals surface area contributed by atoms with Gasteiger partial charge in [0.25, 0.3) is 11.6 Å². The van der Waals surface area contributed by atoms with Gasteiger partial charge in [-0.3, -0.25) is 14.9 Å². The van der Waals surface area contributed by atoms with Gasteiger partial charge in [0, 0.05) is 37.3 Å². The molecule has 2 rings (SSSR count). The van der Waals surface area contributed by atoms with E-state index in [0.717, 1.165) is 18.6 Å². The summed E-state index contributed by atoms with van der Waals surface area (Å²) >= 11 is 0. The molecule has 1 heterocycles. The number of nitrogens with one attached hydrogen (secondary N) is 2. The van der Waals surface area contributed by atoms with Crippen LogP contribution in [-0.4, -0.2) is 41.6 Å². The SMILES string of the molecule is CCCNC(=O)c1nn(C)c(Oc2ccc([N+](=O)[O-])cc2S(=O)(=O)NC(C)CC)c1C. The Labute approximate surface area is 181 Å². The normalized spacial score (nSPS) is 12.4. The number of non-ortho nitro benzene ring substituents is 1. The number of aryl methyl sites for hydroxylation is 1. The Morgan fingerprint density at radius 2 is 2.03 bits per heavy atom. The lowest BCUT2D eigenvalue weighted by atomic mass is 10.2. The predicted octanol–water partition coefficient (Wildman–Crippen LogP) is 2.65. The third kappa shape index (κ3) is 5.58. The zero-order valence-corrected chi connectivity index (χ0v) is 18.9. The van der Waals surface area contributed by atoms with Crippen LogP contribution in [0.4, 0.5) is 5.69 Å². The second-order valence-corrected chi connectivity index (χ2v) is 8.76. The van der Waals surface area contributed by atoms with Crippen LogP contribution in [0.5, 0.6) is 11.6 Å². The molecule has 0 radical (unpaired) electrons. The zero-order chi connectivity index (χ0) is 23.3. The van der Waals surface area contributed by atoms with Crippen LogP contribution in [0.3, 0.4) is 0 Å². The van der Waals surface area contributed by atoms with Crippen LogP contribution in [0.15, 0.2) is 23.1 Å². The van der Waals surface area contributed by atoms with Crippen LogP contribution in [-0.2, 0) is 17.1 Å². The average molecular weight is 454 g/mol. The van der Waals surface area contributed by atoms with E-state index >= 15 is 0 Å². The Kier molecular flexibility index (Phi) is 7.74. The van der Waals surface area contributed by atoms with Gasteiger partial charge in [-0.15, -0.1) is 0 Å². The first-order valence-electron chi connectivity index (χ1n) is 9.82. The highest BCUT2D eigenvalue weighted by Gasteiger charge is 2.27. The second kappa shape index (κ2) is 9.88. The van der Waals surface area contributed by atoms with Crippen LogP contribution in [0.25, 0.3) is 0 Å². The minimum atomic E-state index is -4.11. The molecule has 0 aliphatic rings. The maximum Gasteiger partial charge on any atom is 0.272 e. The van der Waals surface area contributed by atoms with Crippen LogP contribution in [0, 0.1) is 17.0 Å². The van der Waals surface area contributed by atoms with E-state index in [1.807, 2.05) is 13.8 Å². The van der Waals surface area contributed by atoms with Gasteiger partial charge >= 0.3 is 0 Å². The maximum absolute atomic E-state index is 12.9. The maximum atomic E-state index is 12.9. The van der Waals surface area contributed by atoms with E-state index in [2.05, 4.69) is 15.1 Å². The van der Waals surface area contributed by atoms with Crippen LogP contribution < -0.4 is 14.8 Å². The van der Waals surface area contributed by atoms with Crippen molar-refractivity contribution in [2.24, 2.45) is 7.05 Å². The van der Waals surface area contributed by atoms with Crippen LogP contribution in [0.2, 0.25) is 0 Å². The van der Waals surface area contributed by atoms with Gasteiger partial charge in [-0.1, -0.05) is 13.8 Å². The molecule has 11 nitrogen and oxygen atoms in total.